The number of thiophene rings is 1. The first-order chi connectivity index (χ1) is 8.61. The molecule has 0 atom stereocenters. The zero-order chi connectivity index (χ0) is 13.1. The van der Waals surface area contributed by atoms with Gasteiger partial charge in [0.25, 0.3) is 0 Å². The van der Waals surface area contributed by atoms with Gasteiger partial charge in [-0.1, -0.05) is 25.4 Å². The van der Waals surface area contributed by atoms with Crippen molar-refractivity contribution in [1.29, 1.82) is 0 Å². The summed E-state index contributed by atoms with van der Waals surface area (Å²) in [6, 6.07) is 3.85. The van der Waals surface area contributed by atoms with E-state index in [1.54, 1.807) is 11.3 Å². The zero-order valence-electron chi connectivity index (χ0n) is 10.7. The second-order valence-electron chi connectivity index (χ2n) is 4.28. The van der Waals surface area contributed by atoms with Gasteiger partial charge < -0.3 is 5.32 Å². The average molecular weight is 282 g/mol. The topological polar surface area (TPSA) is 37.8 Å². The average Bonchev–Trinajstić information content (AvgIpc) is 2.75. The van der Waals surface area contributed by atoms with Crippen LogP contribution in [0.25, 0.3) is 10.6 Å². The van der Waals surface area contributed by atoms with E-state index in [0.29, 0.717) is 5.92 Å². The van der Waals surface area contributed by atoms with Gasteiger partial charge in [0.15, 0.2) is 0 Å². The molecule has 0 spiro atoms. The normalized spacial score (nSPS) is 10.9. The van der Waals surface area contributed by atoms with Gasteiger partial charge in [-0.05, 0) is 18.4 Å². The molecule has 0 fully saturated rings. The highest BCUT2D eigenvalue weighted by Gasteiger charge is 2.12. The van der Waals surface area contributed by atoms with Crippen molar-refractivity contribution in [3.8, 4) is 10.6 Å². The van der Waals surface area contributed by atoms with Crippen molar-refractivity contribution < 1.29 is 0 Å². The summed E-state index contributed by atoms with van der Waals surface area (Å²) >= 11 is 7.77. The van der Waals surface area contributed by atoms with Gasteiger partial charge in [0.2, 0.25) is 0 Å². The SMILES string of the molecule is CCNc1cc(-c2sccc2Cl)nc(C(C)C)n1. The van der Waals surface area contributed by atoms with Crippen molar-refractivity contribution in [1.82, 2.24) is 9.97 Å². The highest BCUT2D eigenvalue weighted by Crippen LogP contribution is 2.33. The maximum absolute atomic E-state index is 6.17. The van der Waals surface area contributed by atoms with Crippen molar-refractivity contribution in [3.63, 3.8) is 0 Å². The minimum absolute atomic E-state index is 0.293. The van der Waals surface area contributed by atoms with Crippen LogP contribution >= 0.6 is 22.9 Å². The molecular formula is C13H16ClN3S. The summed E-state index contributed by atoms with van der Waals surface area (Å²) in [4.78, 5) is 10.1. The van der Waals surface area contributed by atoms with Crippen LogP contribution in [0.1, 0.15) is 32.5 Å². The second kappa shape index (κ2) is 5.67. The third-order valence-corrected chi connectivity index (χ3v) is 3.83. The number of anilines is 1. The minimum atomic E-state index is 0.293. The molecule has 0 saturated carbocycles. The quantitative estimate of drug-likeness (QED) is 0.902. The summed E-state index contributed by atoms with van der Waals surface area (Å²) in [6.07, 6.45) is 0. The number of hydrogen-bond acceptors (Lipinski definition) is 4. The fourth-order valence-corrected chi connectivity index (χ4v) is 2.70. The fourth-order valence-electron chi connectivity index (χ4n) is 1.59. The Hall–Kier alpha value is -1.13. The van der Waals surface area contributed by atoms with E-state index in [0.717, 1.165) is 33.8 Å². The van der Waals surface area contributed by atoms with Crippen molar-refractivity contribution >= 4 is 28.8 Å². The standard InChI is InChI=1S/C13H16ClN3S/c1-4-15-11-7-10(12-9(14)5-6-18-12)16-13(17-11)8(2)3/h5-8H,4H2,1-3H3,(H,15,16,17). The van der Waals surface area contributed by atoms with Crippen LogP contribution in [0.5, 0.6) is 0 Å². The number of nitrogens with one attached hydrogen (secondary N) is 1. The first kappa shape index (κ1) is 13.3. The van der Waals surface area contributed by atoms with E-state index in [1.165, 1.54) is 0 Å². The predicted octanol–water partition coefficient (Wildman–Crippen LogP) is 4.41. The van der Waals surface area contributed by atoms with Gasteiger partial charge in [-0.2, -0.15) is 0 Å². The Balaban J connectivity index is 2.50. The van der Waals surface area contributed by atoms with E-state index in [-0.39, 0.29) is 0 Å². The monoisotopic (exact) mass is 281 g/mol. The molecule has 2 aromatic heterocycles. The molecule has 0 aliphatic heterocycles. The van der Waals surface area contributed by atoms with Crippen LogP contribution in [0, 0.1) is 0 Å². The van der Waals surface area contributed by atoms with Crippen LogP contribution < -0.4 is 5.32 Å². The summed E-state index contributed by atoms with van der Waals surface area (Å²) < 4.78 is 0. The Kier molecular flexibility index (Phi) is 4.19. The van der Waals surface area contributed by atoms with Crippen LogP contribution in [0.3, 0.4) is 0 Å². The summed E-state index contributed by atoms with van der Waals surface area (Å²) in [5.41, 5.74) is 0.893. The molecule has 0 amide bonds. The van der Waals surface area contributed by atoms with Crippen LogP contribution in [-0.4, -0.2) is 16.5 Å². The molecule has 0 unspecified atom stereocenters. The Morgan fingerprint density at radius 2 is 2.17 bits per heavy atom. The lowest BCUT2D eigenvalue weighted by atomic mass is 10.2. The van der Waals surface area contributed by atoms with Gasteiger partial charge in [-0.3, -0.25) is 0 Å². The van der Waals surface area contributed by atoms with E-state index < -0.39 is 0 Å². The van der Waals surface area contributed by atoms with Gasteiger partial charge in [-0.15, -0.1) is 11.3 Å². The first-order valence-electron chi connectivity index (χ1n) is 5.98. The second-order valence-corrected chi connectivity index (χ2v) is 5.60. The Morgan fingerprint density at radius 3 is 2.72 bits per heavy atom. The van der Waals surface area contributed by atoms with E-state index in [2.05, 4.69) is 36.1 Å². The Bertz CT molecular complexity index is 537. The number of rotatable bonds is 4. The molecule has 1 N–H and O–H groups in total. The maximum atomic E-state index is 6.17. The predicted molar refractivity (Wildman–Crippen MR) is 78.6 cm³/mol. The summed E-state index contributed by atoms with van der Waals surface area (Å²) in [5, 5.41) is 5.96. The zero-order valence-corrected chi connectivity index (χ0v) is 12.3. The summed E-state index contributed by atoms with van der Waals surface area (Å²) in [6.45, 7) is 7.07. The molecule has 0 aromatic carbocycles. The Labute approximate surface area is 116 Å². The molecule has 18 heavy (non-hydrogen) atoms. The minimum Gasteiger partial charge on any atom is -0.370 e. The molecule has 0 bridgehead atoms. The molecule has 5 heteroatoms. The Morgan fingerprint density at radius 1 is 1.39 bits per heavy atom. The van der Waals surface area contributed by atoms with Gasteiger partial charge >= 0.3 is 0 Å². The van der Waals surface area contributed by atoms with E-state index in [9.17, 15) is 0 Å². The maximum Gasteiger partial charge on any atom is 0.133 e. The van der Waals surface area contributed by atoms with Crippen LogP contribution in [0.15, 0.2) is 17.5 Å². The summed E-state index contributed by atoms with van der Waals surface area (Å²) in [7, 11) is 0. The largest absolute Gasteiger partial charge is 0.370 e. The van der Waals surface area contributed by atoms with E-state index >= 15 is 0 Å². The van der Waals surface area contributed by atoms with Crippen molar-refractivity contribution in [3.05, 3.63) is 28.4 Å². The van der Waals surface area contributed by atoms with Gasteiger partial charge in [0, 0.05) is 18.5 Å². The molecule has 2 aromatic rings. The van der Waals surface area contributed by atoms with Gasteiger partial charge in [0.1, 0.15) is 11.6 Å². The molecule has 2 heterocycles. The van der Waals surface area contributed by atoms with Crippen LogP contribution in [0.2, 0.25) is 5.02 Å². The first-order valence-corrected chi connectivity index (χ1v) is 7.23. The third-order valence-electron chi connectivity index (χ3n) is 2.47. The highest BCUT2D eigenvalue weighted by atomic mass is 35.5. The van der Waals surface area contributed by atoms with Crippen molar-refractivity contribution in [2.24, 2.45) is 0 Å². The number of aromatic nitrogens is 2. The van der Waals surface area contributed by atoms with Crippen LogP contribution in [-0.2, 0) is 0 Å². The molecule has 0 radical (unpaired) electrons. The molecule has 2 rings (SSSR count). The lowest BCUT2D eigenvalue weighted by molar-refractivity contribution is 0.777. The number of hydrogen-bond donors (Lipinski definition) is 1. The molecule has 0 aliphatic carbocycles. The lowest BCUT2D eigenvalue weighted by Crippen LogP contribution is -2.05. The fraction of sp³-hybridized carbons (Fsp3) is 0.385. The molecular weight excluding hydrogens is 266 g/mol. The van der Waals surface area contributed by atoms with E-state index in [1.807, 2.05) is 17.5 Å². The van der Waals surface area contributed by atoms with Crippen molar-refractivity contribution in [2.45, 2.75) is 26.7 Å². The smallest absolute Gasteiger partial charge is 0.133 e. The van der Waals surface area contributed by atoms with Gasteiger partial charge in [0.05, 0.1) is 15.6 Å². The molecule has 96 valence electrons. The van der Waals surface area contributed by atoms with Gasteiger partial charge in [-0.25, -0.2) is 9.97 Å². The lowest BCUT2D eigenvalue weighted by Gasteiger charge is -2.10. The summed E-state index contributed by atoms with van der Waals surface area (Å²) in [5.74, 6) is 1.99. The third kappa shape index (κ3) is 2.82. The molecule has 3 nitrogen and oxygen atoms in total. The number of nitrogens with zero attached hydrogens (tertiary/aromatic N) is 2. The highest BCUT2D eigenvalue weighted by molar-refractivity contribution is 7.14. The number of halogens is 1. The van der Waals surface area contributed by atoms with E-state index in [4.69, 9.17) is 11.6 Å². The molecule has 0 aliphatic rings. The van der Waals surface area contributed by atoms with Crippen LogP contribution in [0.4, 0.5) is 5.82 Å². The van der Waals surface area contributed by atoms with Crippen molar-refractivity contribution in [2.75, 3.05) is 11.9 Å². The molecule has 0 saturated heterocycles.